The number of nitrogens with two attached hydrogens (primary N) is 1. The maximum Gasteiger partial charge on any atom is 0.317 e. The molecule has 6 amide bonds. The first-order valence-electron chi connectivity index (χ1n) is 21.8. The molecular formula is C44H61N11O12. The number of carboxylic acid groups (broad SMARTS) is 3. The summed E-state index contributed by atoms with van der Waals surface area (Å²) in [6.07, 6.45) is 1.49. The highest BCUT2D eigenvalue weighted by Gasteiger charge is 2.29. The van der Waals surface area contributed by atoms with E-state index in [-0.39, 0.29) is 115 Å². The van der Waals surface area contributed by atoms with Crippen LogP contribution >= 0.6 is 0 Å². The van der Waals surface area contributed by atoms with Gasteiger partial charge in [-0.25, -0.2) is 0 Å². The van der Waals surface area contributed by atoms with Crippen molar-refractivity contribution in [2.45, 2.75) is 51.2 Å². The van der Waals surface area contributed by atoms with Gasteiger partial charge in [0.25, 0.3) is 5.91 Å². The standard InChI is InChI=1S/C44H61N11O12/c1-28(2)48-44(67)35(21-30-22-46-33-6-4-3-5-32(30)33)51-43(66)34(11-12-36(45)56)50-42(65)29-7-9-31(10-8-29)49-37(57)23-47-38(58)24-52-13-15-53(25-39(59)60)17-19-55(27-41(63)64)20-18-54(16-14-52)26-40(61)62/h3-10,22,28,34-35,46H,11-21,23-27H2,1-2H3,(H2,45,56)(H,47,58)(H,48,67)(H,49,57)(H,50,65)(H,51,66)(H,59,60)(H,61,62)(H,63,64)/t34-,35-/m0/s1. The van der Waals surface area contributed by atoms with Gasteiger partial charge in [-0.3, -0.25) is 62.8 Å². The third-order valence-electron chi connectivity index (χ3n) is 10.7. The highest BCUT2D eigenvalue weighted by atomic mass is 16.4. The summed E-state index contributed by atoms with van der Waals surface area (Å²) in [7, 11) is 0. The van der Waals surface area contributed by atoms with E-state index in [0.29, 0.717) is 0 Å². The number of nitrogens with one attached hydrogen (secondary N) is 6. The molecule has 1 aliphatic rings. The molecular weight excluding hydrogens is 875 g/mol. The second-order valence-electron chi connectivity index (χ2n) is 16.5. The van der Waals surface area contributed by atoms with Crippen molar-refractivity contribution in [2.75, 3.05) is 90.4 Å². The van der Waals surface area contributed by atoms with Crippen LogP contribution in [-0.4, -0.2) is 196 Å². The normalized spacial score (nSPS) is 15.6. The average Bonchev–Trinajstić information content (AvgIpc) is 3.66. The van der Waals surface area contributed by atoms with E-state index in [1.165, 1.54) is 24.3 Å². The number of primary amides is 1. The van der Waals surface area contributed by atoms with Crippen LogP contribution in [0.1, 0.15) is 42.6 Å². The molecule has 23 heteroatoms. The number of nitrogens with zero attached hydrogens (tertiary/aromatic N) is 4. The van der Waals surface area contributed by atoms with E-state index in [1.807, 2.05) is 24.3 Å². The van der Waals surface area contributed by atoms with Gasteiger partial charge in [-0.2, -0.15) is 0 Å². The van der Waals surface area contributed by atoms with E-state index < -0.39 is 72.0 Å². The molecule has 0 bridgehead atoms. The zero-order chi connectivity index (χ0) is 49.0. The van der Waals surface area contributed by atoms with Crippen LogP contribution in [-0.2, 0) is 44.8 Å². The summed E-state index contributed by atoms with van der Waals surface area (Å²) in [6.45, 7) is 3.71. The van der Waals surface area contributed by atoms with Gasteiger partial charge in [0, 0.05) is 99.6 Å². The number of carbonyl (C=O) groups excluding carboxylic acids is 6. The molecule has 1 saturated heterocycles. The molecule has 11 N–H and O–H groups in total. The third kappa shape index (κ3) is 18.8. The van der Waals surface area contributed by atoms with E-state index in [0.717, 1.165) is 16.5 Å². The Hall–Kier alpha value is -6.95. The third-order valence-corrected chi connectivity index (χ3v) is 10.7. The highest BCUT2D eigenvalue weighted by Crippen LogP contribution is 2.20. The highest BCUT2D eigenvalue weighted by molar-refractivity contribution is 6.00. The molecule has 23 nitrogen and oxygen atoms in total. The van der Waals surface area contributed by atoms with E-state index in [1.54, 1.807) is 39.6 Å². The average molecular weight is 936 g/mol. The Labute approximate surface area is 386 Å². The van der Waals surface area contributed by atoms with Crippen molar-refractivity contribution in [1.82, 2.24) is 45.9 Å². The summed E-state index contributed by atoms with van der Waals surface area (Å²) in [4.78, 5) is 123. The number of fused-ring (bicyclic) bond motifs is 1. The number of carbonyl (C=O) groups is 9. The van der Waals surface area contributed by atoms with Gasteiger partial charge in [-0.1, -0.05) is 18.2 Å². The molecule has 1 fully saturated rings. The predicted octanol–water partition coefficient (Wildman–Crippen LogP) is -1.69. The van der Waals surface area contributed by atoms with Crippen molar-refractivity contribution >= 4 is 69.9 Å². The lowest BCUT2D eigenvalue weighted by atomic mass is 10.0. The summed E-state index contributed by atoms with van der Waals surface area (Å²) < 4.78 is 0. The number of H-pyrrole nitrogens is 1. The van der Waals surface area contributed by atoms with Gasteiger partial charge in [0.05, 0.1) is 32.7 Å². The Kier molecular flexibility index (Phi) is 20.6. The molecule has 3 aromatic rings. The number of hydrogen-bond donors (Lipinski definition) is 10. The Balaban J connectivity index is 1.34. The van der Waals surface area contributed by atoms with E-state index in [2.05, 4.69) is 31.6 Å². The molecule has 0 unspecified atom stereocenters. The van der Waals surface area contributed by atoms with Gasteiger partial charge in [0.15, 0.2) is 0 Å². The van der Waals surface area contributed by atoms with E-state index in [4.69, 9.17) is 5.73 Å². The SMILES string of the molecule is CC(C)NC(=O)[C@H](Cc1c[nH]c2ccccc12)NC(=O)[C@H](CCC(N)=O)NC(=O)c1ccc(NC(=O)CNC(=O)CN2CCN(CC(=O)O)CCN(CC(=O)O)CCN(CC(=O)O)CC2)cc1. The van der Waals surface area contributed by atoms with Crippen molar-refractivity contribution in [2.24, 2.45) is 5.73 Å². The summed E-state index contributed by atoms with van der Waals surface area (Å²) in [6, 6.07) is 10.6. The second-order valence-corrected chi connectivity index (χ2v) is 16.5. The quantitative estimate of drug-likeness (QED) is 0.0538. The Morgan fingerprint density at radius 3 is 1.66 bits per heavy atom. The fourth-order valence-corrected chi connectivity index (χ4v) is 7.32. The fourth-order valence-electron chi connectivity index (χ4n) is 7.32. The zero-order valence-corrected chi connectivity index (χ0v) is 37.6. The van der Waals surface area contributed by atoms with Crippen LogP contribution in [0.2, 0.25) is 0 Å². The minimum atomic E-state index is -1.26. The maximum absolute atomic E-state index is 13.7. The number of amides is 6. The maximum atomic E-state index is 13.7. The number of aromatic nitrogens is 1. The van der Waals surface area contributed by atoms with Gasteiger partial charge in [-0.15, -0.1) is 0 Å². The molecule has 2 aromatic carbocycles. The molecule has 1 aliphatic heterocycles. The smallest absolute Gasteiger partial charge is 0.317 e. The van der Waals surface area contributed by atoms with Crippen LogP contribution in [0, 0.1) is 0 Å². The monoisotopic (exact) mass is 935 g/mol. The molecule has 364 valence electrons. The fraction of sp³-hybridized carbons (Fsp3) is 0.477. The number of benzene rings is 2. The van der Waals surface area contributed by atoms with E-state index >= 15 is 0 Å². The molecule has 2 heterocycles. The molecule has 67 heavy (non-hydrogen) atoms. The van der Waals surface area contributed by atoms with Crippen molar-refractivity contribution < 1.29 is 58.5 Å². The molecule has 0 radical (unpaired) electrons. The Morgan fingerprint density at radius 2 is 1.15 bits per heavy atom. The second kappa shape index (κ2) is 26.3. The minimum absolute atomic E-state index is 0.101. The molecule has 0 aliphatic carbocycles. The lowest BCUT2D eigenvalue weighted by Crippen LogP contribution is -2.55. The van der Waals surface area contributed by atoms with Crippen LogP contribution in [0.15, 0.2) is 54.7 Å². The van der Waals surface area contributed by atoms with Gasteiger partial charge < -0.3 is 52.6 Å². The first-order valence-corrected chi connectivity index (χ1v) is 21.8. The summed E-state index contributed by atoms with van der Waals surface area (Å²) in [5.74, 6) is -6.91. The topological polar surface area (TPSA) is 329 Å². The van der Waals surface area contributed by atoms with Gasteiger partial charge in [0.1, 0.15) is 12.1 Å². The number of carboxylic acids is 3. The lowest BCUT2D eigenvalue weighted by molar-refractivity contribution is -0.140. The Bertz CT molecular complexity index is 2180. The predicted molar refractivity (Wildman–Crippen MR) is 244 cm³/mol. The Morgan fingerprint density at radius 1 is 0.642 bits per heavy atom. The number of aliphatic carboxylic acids is 3. The summed E-state index contributed by atoms with van der Waals surface area (Å²) in [5, 5.41) is 42.5. The molecule has 1 aromatic heterocycles. The first kappa shape index (κ1) is 52.7. The largest absolute Gasteiger partial charge is 0.480 e. The minimum Gasteiger partial charge on any atom is -0.480 e. The van der Waals surface area contributed by atoms with Gasteiger partial charge >= 0.3 is 17.9 Å². The summed E-state index contributed by atoms with van der Waals surface area (Å²) in [5.41, 5.74) is 7.39. The summed E-state index contributed by atoms with van der Waals surface area (Å²) >= 11 is 0. The zero-order valence-electron chi connectivity index (χ0n) is 37.6. The van der Waals surface area contributed by atoms with Crippen molar-refractivity contribution in [3.05, 3.63) is 65.9 Å². The van der Waals surface area contributed by atoms with Crippen LogP contribution in [0.25, 0.3) is 10.9 Å². The molecule has 0 saturated carbocycles. The first-order chi connectivity index (χ1) is 31.8. The number of rotatable bonds is 22. The van der Waals surface area contributed by atoms with Crippen molar-refractivity contribution in [3.8, 4) is 0 Å². The number of para-hydroxylation sites is 1. The lowest BCUT2D eigenvalue weighted by Gasteiger charge is -2.32. The van der Waals surface area contributed by atoms with Crippen molar-refractivity contribution in [1.29, 1.82) is 0 Å². The van der Waals surface area contributed by atoms with Crippen LogP contribution in [0.5, 0.6) is 0 Å². The number of anilines is 1. The van der Waals surface area contributed by atoms with Crippen LogP contribution < -0.4 is 32.3 Å². The van der Waals surface area contributed by atoms with Gasteiger partial charge in [-0.05, 0) is 56.2 Å². The molecule has 0 spiro atoms. The van der Waals surface area contributed by atoms with Gasteiger partial charge in [0.2, 0.25) is 29.5 Å². The van der Waals surface area contributed by atoms with Crippen molar-refractivity contribution in [3.63, 3.8) is 0 Å². The van der Waals surface area contributed by atoms with Crippen LogP contribution in [0.3, 0.4) is 0 Å². The van der Waals surface area contributed by atoms with Crippen LogP contribution in [0.4, 0.5) is 5.69 Å². The molecule has 4 rings (SSSR count). The number of aromatic amines is 1. The number of hydrogen-bond acceptors (Lipinski definition) is 13. The van der Waals surface area contributed by atoms with E-state index in [9.17, 15) is 58.5 Å². The molecule has 2 atom stereocenters.